The van der Waals surface area contributed by atoms with Gasteiger partial charge in [-0.2, -0.15) is 0 Å². The molecule has 0 spiro atoms. The Morgan fingerprint density at radius 3 is 2.80 bits per heavy atom. The van der Waals surface area contributed by atoms with Crippen LogP contribution in [-0.4, -0.2) is 0 Å². The van der Waals surface area contributed by atoms with Crippen molar-refractivity contribution in [2.75, 3.05) is 0 Å². The molecular formula is C8H13OZn. The fourth-order valence-corrected chi connectivity index (χ4v) is 2.89. The molecule has 0 N–H and O–H groups in total. The van der Waals surface area contributed by atoms with Gasteiger partial charge in [0.25, 0.3) is 0 Å². The molecule has 0 fully saturated rings. The van der Waals surface area contributed by atoms with E-state index in [0.29, 0.717) is 0 Å². The van der Waals surface area contributed by atoms with Crippen molar-refractivity contribution in [2.45, 2.75) is 38.5 Å². The maximum atomic E-state index is 10.7. The summed E-state index contributed by atoms with van der Waals surface area (Å²) in [5.41, 5.74) is 0. The van der Waals surface area contributed by atoms with E-state index in [0.717, 1.165) is 6.42 Å². The number of rotatable bonds is 1. The van der Waals surface area contributed by atoms with Gasteiger partial charge in [0.15, 0.2) is 0 Å². The molecule has 1 aliphatic carbocycles. The van der Waals surface area contributed by atoms with Crippen molar-refractivity contribution < 1.29 is 20.7 Å². The molecule has 0 aromatic carbocycles. The molecule has 0 radical (unpaired) electrons. The molecule has 0 bridgehead atoms. The summed E-state index contributed by atoms with van der Waals surface area (Å²) >= 11 is -1.44. The van der Waals surface area contributed by atoms with Gasteiger partial charge >= 0.3 is 69.4 Å². The monoisotopic (exact) mass is 189 g/mol. The van der Waals surface area contributed by atoms with Gasteiger partial charge in [0, 0.05) is 0 Å². The zero-order chi connectivity index (χ0) is 7.23. The SMILES string of the molecule is [O]=[Zn]/[C]1=C/CCCCCC1. The van der Waals surface area contributed by atoms with Crippen molar-refractivity contribution in [2.24, 2.45) is 0 Å². The van der Waals surface area contributed by atoms with Gasteiger partial charge in [-0.3, -0.25) is 0 Å². The number of hydrogen-bond acceptors (Lipinski definition) is 1. The van der Waals surface area contributed by atoms with Crippen LogP contribution in [-0.2, 0) is 20.7 Å². The Kier molecular flexibility index (Phi) is 4.05. The van der Waals surface area contributed by atoms with Crippen LogP contribution in [0.4, 0.5) is 0 Å². The Labute approximate surface area is 69.8 Å². The van der Waals surface area contributed by atoms with Crippen LogP contribution in [0.3, 0.4) is 0 Å². The minimum absolute atomic E-state index is 1.14. The van der Waals surface area contributed by atoms with E-state index in [2.05, 4.69) is 6.08 Å². The van der Waals surface area contributed by atoms with Crippen molar-refractivity contribution >= 4 is 0 Å². The molecule has 2 heteroatoms. The normalized spacial score (nSPS) is 25.4. The predicted octanol–water partition coefficient (Wildman–Crippen LogP) is 2.65. The Bertz CT molecular complexity index is 140. The van der Waals surface area contributed by atoms with Crippen LogP contribution in [0.25, 0.3) is 0 Å². The Balaban J connectivity index is 2.43. The third kappa shape index (κ3) is 2.83. The molecule has 1 nitrogen and oxygen atoms in total. The molecule has 53 valence electrons. The molecule has 0 unspecified atom stereocenters. The van der Waals surface area contributed by atoms with Gasteiger partial charge in [-0.05, 0) is 0 Å². The zero-order valence-electron chi connectivity index (χ0n) is 6.44. The summed E-state index contributed by atoms with van der Waals surface area (Å²) in [6.45, 7) is 0. The first-order chi connectivity index (χ1) is 4.93. The van der Waals surface area contributed by atoms with Crippen LogP contribution in [0.1, 0.15) is 38.5 Å². The Morgan fingerprint density at radius 2 is 2.00 bits per heavy atom. The summed E-state index contributed by atoms with van der Waals surface area (Å²) in [4.78, 5) is 0. The van der Waals surface area contributed by atoms with E-state index < -0.39 is 17.1 Å². The van der Waals surface area contributed by atoms with E-state index >= 15 is 0 Å². The topological polar surface area (TPSA) is 17.1 Å². The van der Waals surface area contributed by atoms with Gasteiger partial charge in [0.2, 0.25) is 0 Å². The zero-order valence-corrected chi connectivity index (χ0v) is 9.40. The van der Waals surface area contributed by atoms with Gasteiger partial charge in [0.05, 0.1) is 0 Å². The van der Waals surface area contributed by atoms with Crippen LogP contribution < -0.4 is 0 Å². The molecule has 1 aliphatic rings. The van der Waals surface area contributed by atoms with E-state index in [1.807, 2.05) is 0 Å². The fourth-order valence-electron chi connectivity index (χ4n) is 1.39. The molecule has 0 atom stereocenters. The van der Waals surface area contributed by atoms with Gasteiger partial charge < -0.3 is 0 Å². The van der Waals surface area contributed by atoms with Crippen LogP contribution >= 0.6 is 0 Å². The molecule has 0 heterocycles. The minimum atomic E-state index is -1.44. The van der Waals surface area contributed by atoms with Crippen molar-refractivity contribution in [3.63, 3.8) is 0 Å². The average molecular weight is 191 g/mol. The van der Waals surface area contributed by atoms with Gasteiger partial charge in [0.1, 0.15) is 0 Å². The molecule has 1 rings (SSSR count). The summed E-state index contributed by atoms with van der Waals surface area (Å²) in [6.07, 6.45) is 9.86. The molecule has 0 aliphatic heterocycles. The molecule has 10 heavy (non-hydrogen) atoms. The first-order valence-electron chi connectivity index (χ1n) is 4.19. The Hall–Kier alpha value is 0.163. The van der Waals surface area contributed by atoms with E-state index in [4.69, 9.17) is 0 Å². The summed E-state index contributed by atoms with van der Waals surface area (Å²) in [6, 6.07) is 0. The first kappa shape index (κ1) is 8.26. The number of allylic oxidation sites excluding steroid dienone is 2. The van der Waals surface area contributed by atoms with E-state index in [1.54, 1.807) is 0 Å². The quantitative estimate of drug-likeness (QED) is 0.581. The van der Waals surface area contributed by atoms with E-state index in [9.17, 15) is 3.57 Å². The summed E-state index contributed by atoms with van der Waals surface area (Å²) in [5.74, 6) is 0. The predicted molar refractivity (Wildman–Crippen MR) is 36.5 cm³/mol. The van der Waals surface area contributed by atoms with Crippen LogP contribution in [0, 0.1) is 0 Å². The van der Waals surface area contributed by atoms with Crippen molar-refractivity contribution in [3.05, 3.63) is 10.2 Å². The number of hydrogen-bond donors (Lipinski definition) is 0. The van der Waals surface area contributed by atoms with E-state index in [1.165, 1.54) is 36.3 Å². The molecule has 0 saturated carbocycles. The Morgan fingerprint density at radius 1 is 1.20 bits per heavy atom. The van der Waals surface area contributed by atoms with Crippen molar-refractivity contribution in [1.29, 1.82) is 0 Å². The van der Waals surface area contributed by atoms with Crippen LogP contribution in [0.5, 0.6) is 0 Å². The molecule has 0 saturated heterocycles. The van der Waals surface area contributed by atoms with Crippen LogP contribution in [0.2, 0.25) is 0 Å². The molecule has 0 aromatic rings. The van der Waals surface area contributed by atoms with Gasteiger partial charge in [-0.15, -0.1) is 0 Å². The second-order valence-corrected chi connectivity index (χ2v) is 5.47. The third-order valence-corrected chi connectivity index (χ3v) is 4.20. The van der Waals surface area contributed by atoms with Gasteiger partial charge in [-0.25, -0.2) is 0 Å². The summed E-state index contributed by atoms with van der Waals surface area (Å²) in [7, 11) is 0. The van der Waals surface area contributed by atoms with Crippen LogP contribution in [0.15, 0.2) is 10.2 Å². The summed E-state index contributed by atoms with van der Waals surface area (Å²) in [5, 5.41) is 0. The van der Waals surface area contributed by atoms with E-state index in [-0.39, 0.29) is 0 Å². The molecule has 0 aromatic heterocycles. The van der Waals surface area contributed by atoms with Crippen molar-refractivity contribution in [1.82, 2.24) is 0 Å². The molecule has 0 amide bonds. The first-order valence-corrected chi connectivity index (χ1v) is 6.89. The third-order valence-electron chi connectivity index (χ3n) is 2.07. The standard InChI is InChI=1S/C8H13.O.Zn/c1-2-4-6-8-7-5-3-1;;/h1H,2,4-8H2;;. The average Bonchev–Trinajstić information content (AvgIpc) is 1.87. The van der Waals surface area contributed by atoms with Crippen molar-refractivity contribution in [3.8, 4) is 0 Å². The fraction of sp³-hybridized carbons (Fsp3) is 0.750. The molecular weight excluding hydrogens is 177 g/mol. The second-order valence-electron chi connectivity index (χ2n) is 2.96. The van der Waals surface area contributed by atoms with Gasteiger partial charge in [-0.1, -0.05) is 0 Å². The maximum absolute atomic E-state index is 10.7. The summed E-state index contributed by atoms with van der Waals surface area (Å²) < 4.78 is 12.0. The second kappa shape index (κ2) is 4.90.